The van der Waals surface area contributed by atoms with Gasteiger partial charge in [-0.25, -0.2) is 32.7 Å². The van der Waals surface area contributed by atoms with Gasteiger partial charge in [0.1, 0.15) is 29.6 Å². The van der Waals surface area contributed by atoms with Gasteiger partial charge < -0.3 is 23.9 Å². The van der Waals surface area contributed by atoms with Gasteiger partial charge in [-0.1, -0.05) is 38.1 Å². The number of carboxylic acids is 1. The molecule has 0 aliphatic carbocycles. The molecule has 2 aliphatic heterocycles. The van der Waals surface area contributed by atoms with Gasteiger partial charge in [0.15, 0.2) is 5.82 Å². The zero-order valence-electron chi connectivity index (χ0n) is 27.5. The number of rotatable bonds is 8. The molecule has 4 heterocycles. The number of carbonyl (C=O) groups is 2. The van der Waals surface area contributed by atoms with Crippen molar-refractivity contribution < 1.29 is 42.1 Å². The monoisotopic (exact) mass is 686 g/mol. The predicted octanol–water partition coefficient (Wildman–Crippen LogP) is 7.06. The van der Waals surface area contributed by atoms with Gasteiger partial charge in [-0.05, 0) is 52.6 Å². The molecular weight excluding hydrogens is 653 g/mol. The summed E-state index contributed by atoms with van der Waals surface area (Å²) in [5.74, 6) is -3.12. The molecule has 0 radical (unpaired) electrons. The molecule has 0 saturated carbocycles. The van der Waals surface area contributed by atoms with Crippen LogP contribution in [0, 0.1) is 22.9 Å². The SMILES string of the molecule is COC(=O)N1Cc2ccc(COc3cccc(-c4cc(F)c(Cc5nc6c(F)cc(C(=O)O)cc6n5C5COCC5(C)C)cc4F)n3)cc2C1. The molecule has 1 unspecified atom stereocenters. The number of aromatic nitrogens is 3. The molecule has 7 rings (SSSR count). The summed E-state index contributed by atoms with van der Waals surface area (Å²) in [6, 6.07) is 14.6. The summed E-state index contributed by atoms with van der Waals surface area (Å²) < 4.78 is 64.8. The van der Waals surface area contributed by atoms with Crippen LogP contribution in [0.5, 0.6) is 5.88 Å². The van der Waals surface area contributed by atoms with E-state index in [1.807, 2.05) is 32.0 Å². The highest BCUT2D eigenvalue weighted by molar-refractivity contribution is 5.93. The number of amides is 1. The van der Waals surface area contributed by atoms with Gasteiger partial charge in [-0.15, -0.1) is 0 Å². The molecule has 2 aliphatic rings. The average Bonchev–Trinajstić information content (AvgIpc) is 3.78. The number of ether oxygens (including phenoxy) is 3. The highest BCUT2D eigenvalue weighted by Crippen LogP contribution is 2.41. The highest BCUT2D eigenvalue weighted by atomic mass is 19.1. The van der Waals surface area contributed by atoms with Gasteiger partial charge in [-0.2, -0.15) is 0 Å². The van der Waals surface area contributed by atoms with Crippen LogP contribution in [0.1, 0.15) is 58.3 Å². The van der Waals surface area contributed by atoms with Crippen LogP contribution in [-0.4, -0.2) is 56.9 Å². The molecule has 1 saturated heterocycles. The average molecular weight is 687 g/mol. The fourth-order valence-electron chi connectivity index (χ4n) is 6.66. The van der Waals surface area contributed by atoms with E-state index in [1.54, 1.807) is 27.7 Å². The molecule has 1 amide bonds. The number of methoxy groups -OCH3 is 1. The summed E-state index contributed by atoms with van der Waals surface area (Å²) in [6.07, 6.45) is -0.591. The smallest absolute Gasteiger partial charge is 0.410 e. The predicted molar refractivity (Wildman–Crippen MR) is 175 cm³/mol. The second-order valence-electron chi connectivity index (χ2n) is 13.2. The third kappa shape index (κ3) is 6.13. The molecule has 1 N–H and O–H groups in total. The second-order valence-corrected chi connectivity index (χ2v) is 13.2. The van der Waals surface area contributed by atoms with Crippen LogP contribution in [0.2, 0.25) is 0 Å². The maximum atomic E-state index is 15.8. The van der Waals surface area contributed by atoms with Crippen LogP contribution in [-0.2, 0) is 35.6 Å². The van der Waals surface area contributed by atoms with Crippen molar-refractivity contribution in [2.45, 2.75) is 46.0 Å². The standard InChI is InChI=1S/C37H33F3N4O6/c1-37(2)19-49-18-31(37)44-30-12-23(35(45)46)11-28(40)34(30)42-32(44)13-22-10-27(39)25(14-26(22)38)29-5-4-6-33(41-29)50-17-20-7-8-21-15-43(36(47)48-3)16-24(21)9-20/h4-12,14,31H,13,15-19H2,1-3H3,(H,45,46). The molecule has 13 heteroatoms. The van der Waals surface area contributed by atoms with E-state index >= 15 is 13.2 Å². The second kappa shape index (κ2) is 12.8. The van der Waals surface area contributed by atoms with Crippen molar-refractivity contribution in [1.82, 2.24) is 19.4 Å². The first-order chi connectivity index (χ1) is 23.9. The van der Waals surface area contributed by atoms with Gasteiger partial charge in [0.2, 0.25) is 5.88 Å². The normalized spacial score (nSPS) is 16.5. The molecule has 50 heavy (non-hydrogen) atoms. The maximum absolute atomic E-state index is 15.8. The summed E-state index contributed by atoms with van der Waals surface area (Å²) in [4.78, 5) is 34.1. The van der Waals surface area contributed by atoms with E-state index in [0.717, 1.165) is 34.9 Å². The lowest BCUT2D eigenvalue weighted by Gasteiger charge is -2.28. The van der Waals surface area contributed by atoms with E-state index in [1.165, 1.54) is 13.2 Å². The molecule has 5 aromatic rings. The zero-order chi connectivity index (χ0) is 35.3. The first-order valence-corrected chi connectivity index (χ1v) is 15.9. The molecular formula is C37H33F3N4O6. The van der Waals surface area contributed by atoms with Crippen molar-refractivity contribution >= 4 is 23.1 Å². The first kappa shape index (κ1) is 33.1. The van der Waals surface area contributed by atoms with Crippen molar-refractivity contribution in [3.8, 4) is 17.1 Å². The van der Waals surface area contributed by atoms with Crippen molar-refractivity contribution in [2.75, 3.05) is 20.3 Å². The van der Waals surface area contributed by atoms with Crippen LogP contribution >= 0.6 is 0 Å². The largest absolute Gasteiger partial charge is 0.478 e. The summed E-state index contributed by atoms with van der Waals surface area (Å²) in [6.45, 7) is 5.63. The number of benzene rings is 3. The van der Waals surface area contributed by atoms with E-state index in [0.29, 0.717) is 19.7 Å². The van der Waals surface area contributed by atoms with Crippen LogP contribution in [0.15, 0.2) is 60.7 Å². The molecule has 0 spiro atoms. The minimum atomic E-state index is -1.30. The van der Waals surface area contributed by atoms with Gasteiger partial charge >= 0.3 is 12.1 Å². The molecule has 1 fully saturated rings. The summed E-state index contributed by atoms with van der Waals surface area (Å²) in [7, 11) is 1.34. The number of fused-ring (bicyclic) bond motifs is 2. The van der Waals surface area contributed by atoms with Gasteiger partial charge in [-0.3, -0.25) is 4.90 Å². The minimum absolute atomic E-state index is 0.0202. The highest BCUT2D eigenvalue weighted by Gasteiger charge is 2.39. The Balaban J connectivity index is 1.14. The van der Waals surface area contributed by atoms with Crippen molar-refractivity contribution in [2.24, 2.45) is 5.41 Å². The summed E-state index contributed by atoms with van der Waals surface area (Å²) >= 11 is 0. The molecule has 3 aromatic carbocycles. The molecule has 1 atom stereocenters. The van der Waals surface area contributed by atoms with Crippen molar-refractivity contribution in [1.29, 1.82) is 0 Å². The van der Waals surface area contributed by atoms with Crippen LogP contribution in [0.3, 0.4) is 0 Å². The van der Waals surface area contributed by atoms with Crippen molar-refractivity contribution in [3.63, 3.8) is 0 Å². The number of hydrogen-bond donors (Lipinski definition) is 1. The van der Waals surface area contributed by atoms with Crippen LogP contribution in [0.4, 0.5) is 18.0 Å². The lowest BCUT2D eigenvalue weighted by molar-refractivity contribution is 0.0696. The third-order valence-electron chi connectivity index (χ3n) is 9.33. The summed E-state index contributed by atoms with van der Waals surface area (Å²) in [5.41, 5.74) is 2.42. The Morgan fingerprint density at radius 2 is 1.78 bits per heavy atom. The van der Waals surface area contributed by atoms with E-state index in [-0.39, 0.29) is 70.8 Å². The van der Waals surface area contributed by atoms with Crippen molar-refractivity contribution in [3.05, 3.63) is 112 Å². The summed E-state index contributed by atoms with van der Waals surface area (Å²) in [5, 5.41) is 9.58. The number of nitrogens with zero attached hydrogens (tertiary/aromatic N) is 4. The number of imidazole rings is 1. The van der Waals surface area contributed by atoms with E-state index < -0.39 is 34.9 Å². The fraction of sp³-hybridized carbons (Fsp3) is 0.297. The van der Waals surface area contributed by atoms with Gasteiger partial charge in [0.25, 0.3) is 0 Å². The minimum Gasteiger partial charge on any atom is -0.478 e. The van der Waals surface area contributed by atoms with E-state index in [4.69, 9.17) is 14.2 Å². The number of aromatic carboxylic acids is 1. The van der Waals surface area contributed by atoms with Gasteiger partial charge in [0, 0.05) is 36.6 Å². The first-order valence-electron chi connectivity index (χ1n) is 15.9. The molecule has 258 valence electrons. The van der Waals surface area contributed by atoms with E-state index in [2.05, 4.69) is 9.97 Å². The van der Waals surface area contributed by atoms with Crippen LogP contribution < -0.4 is 4.74 Å². The quantitative estimate of drug-likeness (QED) is 0.185. The number of hydrogen-bond acceptors (Lipinski definition) is 7. The van der Waals surface area contributed by atoms with Gasteiger partial charge in [0.05, 0.1) is 43.1 Å². The zero-order valence-corrected chi connectivity index (χ0v) is 27.5. The Kier molecular flexibility index (Phi) is 8.46. The lowest BCUT2D eigenvalue weighted by atomic mass is 9.87. The Morgan fingerprint density at radius 1 is 0.980 bits per heavy atom. The molecule has 2 aromatic heterocycles. The number of halogens is 3. The number of pyridine rings is 1. The Hall–Kier alpha value is -5.43. The fourth-order valence-corrected chi connectivity index (χ4v) is 6.66. The molecule has 10 nitrogen and oxygen atoms in total. The maximum Gasteiger partial charge on any atom is 0.410 e. The van der Waals surface area contributed by atoms with Crippen LogP contribution in [0.25, 0.3) is 22.3 Å². The Morgan fingerprint density at radius 3 is 2.52 bits per heavy atom. The third-order valence-corrected chi connectivity index (χ3v) is 9.33. The number of carboxylic acid groups (broad SMARTS) is 1. The number of carbonyl (C=O) groups excluding carboxylic acids is 1. The van der Waals surface area contributed by atoms with E-state index in [9.17, 15) is 14.7 Å². The topological polar surface area (TPSA) is 116 Å². The molecule has 0 bridgehead atoms. The Labute approximate surface area is 285 Å². The lowest BCUT2D eigenvalue weighted by Crippen LogP contribution is -2.27. The Bertz CT molecular complexity index is 2170.